The first kappa shape index (κ1) is 16.6. The third-order valence-electron chi connectivity index (χ3n) is 3.96. The largest absolute Gasteiger partial charge is 0.334 e. The molecule has 1 aromatic carbocycles. The van der Waals surface area contributed by atoms with Gasteiger partial charge < -0.3 is 5.32 Å². The Labute approximate surface area is 144 Å². The maximum absolute atomic E-state index is 12.4. The van der Waals surface area contributed by atoms with Crippen molar-refractivity contribution in [2.45, 2.75) is 50.5 Å². The summed E-state index contributed by atoms with van der Waals surface area (Å²) in [4.78, 5) is 12.4. The zero-order chi connectivity index (χ0) is 15.3. The Bertz CT molecular complexity index is 560. The molecule has 112 valence electrons. The van der Waals surface area contributed by atoms with Gasteiger partial charge in [-0.25, -0.2) is 0 Å². The van der Waals surface area contributed by atoms with Gasteiger partial charge in [0.15, 0.2) is 0 Å². The predicted molar refractivity (Wildman–Crippen MR) is 92.3 cm³/mol. The fourth-order valence-electron chi connectivity index (χ4n) is 2.70. The lowest BCUT2D eigenvalue weighted by Gasteiger charge is -2.29. The molecule has 0 saturated heterocycles. The summed E-state index contributed by atoms with van der Waals surface area (Å²) in [6, 6.07) is 7.57. The number of hydrogen-bond acceptors (Lipinski definition) is 2. The van der Waals surface area contributed by atoms with Gasteiger partial charge in [0.05, 0.1) is 11.1 Å². The number of nitrogens with one attached hydrogen (secondary N) is 1. The van der Waals surface area contributed by atoms with Crippen LogP contribution in [0.2, 0.25) is 5.02 Å². The standard InChI is InChI=1S/C16H18ClIN2O/c17-13-10-12(6-7-14(13)18)15(21)20-16(11-19)8-4-2-1-3-5-9-16/h6-7,10H,1-5,8-9H2,(H,20,21). The SMILES string of the molecule is N#CC1(NC(=O)c2ccc(I)c(Cl)c2)CCCCCCC1. The molecule has 0 atom stereocenters. The van der Waals surface area contributed by atoms with Gasteiger partial charge in [0, 0.05) is 9.13 Å². The Kier molecular flexibility index (Phi) is 5.88. The Morgan fingerprint density at radius 1 is 1.24 bits per heavy atom. The molecule has 3 nitrogen and oxygen atoms in total. The van der Waals surface area contributed by atoms with Crippen LogP contribution in [0.3, 0.4) is 0 Å². The smallest absolute Gasteiger partial charge is 0.252 e. The highest BCUT2D eigenvalue weighted by molar-refractivity contribution is 14.1. The lowest BCUT2D eigenvalue weighted by molar-refractivity contribution is 0.0907. The van der Waals surface area contributed by atoms with E-state index in [1.807, 2.05) is 6.07 Å². The summed E-state index contributed by atoms with van der Waals surface area (Å²) in [7, 11) is 0. The van der Waals surface area contributed by atoms with Crippen LogP contribution in [0.4, 0.5) is 0 Å². The Balaban J connectivity index is 2.14. The molecule has 21 heavy (non-hydrogen) atoms. The molecule has 1 N–H and O–H groups in total. The van der Waals surface area contributed by atoms with Gasteiger partial charge in [-0.15, -0.1) is 0 Å². The zero-order valence-corrected chi connectivity index (χ0v) is 14.7. The molecule has 1 saturated carbocycles. The van der Waals surface area contributed by atoms with E-state index in [1.165, 1.54) is 6.42 Å². The molecule has 1 amide bonds. The Morgan fingerprint density at radius 3 is 2.43 bits per heavy atom. The lowest BCUT2D eigenvalue weighted by atomic mass is 9.85. The molecular formula is C16H18ClIN2O. The number of carbonyl (C=O) groups excluding carboxylic acids is 1. The molecule has 2 rings (SSSR count). The maximum atomic E-state index is 12.4. The molecule has 0 aromatic heterocycles. The van der Waals surface area contributed by atoms with Gasteiger partial charge in [0.1, 0.15) is 5.54 Å². The highest BCUT2D eigenvalue weighted by atomic mass is 127. The summed E-state index contributed by atoms with van der Waals surface area (Å²) in [5.41, 5.74) is -0.218. The van der Waals surface area contributed by atoms with Crippen LogP contribution in [0.15, 0.2) is 18.2 Å². The fourth-order valence-corrected chi connectivity index (χ4v) is 3.22. The van der Waals surface area contributed by atoms with Gasteiger partial charge in [-0.05, 0) is 53.6 Å². The third kappa shape index (κ3) is 4.33. The van der Waals surface area contributed by atoms with Crippen molar-refractivity contribution >= 4 is 40.1 Å². The second kappa shape index (κ2) is 7.46. The van der Waals surface area contributed by atoms with E-state index in [9.17, 15) is 10.1 Å². The number of halogens is 2. The number of carbonyl (C=O) groups is 1. The molecular weight excluding hydrogens is 399 g/mol. The van der Waals surface area contributed by atoms with E-state index < -0.39 is 5.54 Å². The molecule has 0 radical (unpaired) electrons. The van der Waals surface area contributed by atoms with Gasteiger partial charge in [-0.3, -0.25) is 4.79 Å². The molecule has 0 heterocycles. The number of benzene rings is 1. The summed E-state index contributed by atoms with van der Waals surface area (Å²) < 4.78 is 0.909. The third-order valence-corrected chi connectivity index (χ3v) is 5.53. The van der Waals surface area contributed by atoms with E-state index in [1.54, 1.807) is 12.1 Å². The zero-order valence-electron chi connectivity index (χ0n) is 11.8. The monoisotopic (exact) mass is 416 g/mol. The van der Waals surface area contributed by atoms with Crippen molar-refractivity contribution in [3.05, 3.63) is 32.4 Å². The van der Waals surface area contributed by atoms with Crippen LogP contribution < -0.4 is 5.32 Å². The lowest BCUT2D eigenvalue weighted by Crippen LogP contribution is -2.47. The number of nitrogens with zero attached hydrogens (tertiary/aromatic N) is 1. The van der Waals surface area contributed by atoms with E-state index in [2.05, 4.69) is 34.0 Å². The minimum atomic E-state index is -0.729. The predicted octanol–water partition coefficient (Wildman–Crippen LogP) is 4.68. The van der Waals surface area contributed by atoms with Crippen molar-refractivity contribution in [2.24, 2.45) is 0 Å². The molecule has 0 aliphatic heterocycles. The topological polar surface area (TPSA) is 52.9 Å². The highest BCUT2D eigenvalue weighted by Crippen LogP contribution is 2.27. The van der Waals surface area contributed by atoms with E-state index in [-0.39, 0.29) is 5.91 Å². The van der Waals surface area contributed by atoms with Crippen molar-refractivity contribution in [3.8, 4) is 6.07 Å². The van der Waals surface area contributed by atoms with Gasteiger partial charge in [-0.1, -0.05) is 43.7 Å². The number of nitriles is 1. The van der Waals surface area contributed by atoms with Crippen molar-refractivity contribution in [3.63, 3.8) is 0 Å². The molecule has 0 bridgehead atoms. The molecule has 1 aromatic rings. The van der Waals surface area contributed by atoms with E-state index in [4.69, 9.17) is 11.6 Å². The maximum Gasteiger partial charge on any atom is 0.252 e. The molecule has 1 aliphatic rings. The minimum Gasteiger partial charge on any atom is -0.334 e. The van der Waals surface area contributed by atoms with E-state index >= 15 is 0 Å². The van der Waals surface area contributed by atoms with Crippen molar-refractivity contribution in [1.29, 1.82) is 5.26 Å². The van der Waals surface area contributed by atoms with E-state index in [0.717, 1.165) is 42.1 Å². The average molecular weight is 417 g/mol. The van der Waals surface area contributed by atoms with Crippen LogP contribution in [0.1, 0.15) is 55.3 Å². The molecule has 0 spiro atoms. The first-order chi connectivity index (χ1) is 10.1. The Hall–Kier alpha value is -0.800. The normalized spacial score (nSPS) is 18.1. The summed E-state index contributed by atoms with van der Waals surface area (Å²) in [6.07, 6.45) is 6.93. The molecule has 1 fully saturated rings. The fraction of sp³-hybridized carbons (Fsp3) is 0.500. The van der Waals surface area contributed by atoms with Crippen LogP contribution in [-0.4, -0.2) is 11.4 Å². The van der Waals surface area contributed by atoms with Crippen LogP contribution in [0, 0.1) is 14.9 Å². The quantitative estimate of drug-likeness (QED) is 0.712. The Morgan fingerprint density at radius 2 is 1.86 bits per heavy atom. The average Bonchev–Trinajstić information content (AvgIpc) is 2.45. The first-order valence-electron chi connectivity index (χ1n) is 7.25. The number of hydrogen-bond donors (Lipinski definition) is 1. The van der Waals surface area contributed by atoms with Crippen LogP contribution >= 0.6 is 34.2 Å². The van der Waals surface area contributed by atoms with Gasteiger partial charge in [0.25, 0.3) is 5.91 Å². The van der Waals surface area contributed by atoms with Crippen LogP contribution in [0.25, 0.3) is 0 Å². The molecule has 5 heteroatoms. The van der Waals surface area contributed by atoms with Crippen LogP contribution in [0.5, 0.6) is 0 Å². The second-order valence-corrected chi connectivity index (χ2v) is 7.11. The van der Waals surface area contributed by atoms with Crippen LogP contribution in [-0.2, 0) is 0 Å². The van der Waals surface area contributed by atoms with E-state index in [0.29, 0.717) is 10.6 Å². The first-order valence-corrected chi connectivity index (χ1v) is 8.71. The van der Waals surface area contributed by atoms with Crippen molar-refractivity contribution < 1.29 is 4.79 Å². The second-order valence-electron chi connectivity index (χ2n) is 5.54. The summed E-state index contributed by atoms with van der Waals surface area (Å²) >= 11 is 8.19. The summed E-state index contributed by atoms with van der Waals surface area (Å²) in [5, 5.41) is 13.1. The van der Waals surface area contributed by atoms with Gasteiger partial charge in [-0.2, -0.15) is 5.26 Å². The summed E-state index contributed by atoms with van der Waals surface area (Å²) in [6.45, 7) is 0. The van der Waals surface area contributed by atoms with Crippen molar-refractivity contribution in [2.75, 3.05) is 0 Å². The molecule has 0 unspecified atom stereocenters. The summed E-state index contributed by atoms with van der Waals surface area (Å²) in [5.74, 6) is -0.213. The number of rotatable bonds is 2. The molecule has 1 aliphatic carbocycles. The van der Waals surface area contributed by atoms with Gasteiger partial charge in [0.2, 0.25) is 0 Å². The highest BCUT2D eigenvalue weighted by Gasteiger charge is 2.32. The van der Waals surface area contributed by atoms with Gasteiger partial charge >= 0.3 is 0 Å². The minimum absolute atomic E-state index is 0.213. The number of amides is 1. The van der Waals surface area contributed by atoms with Crippen molar-refractivity contribution in [1.82, 2.24) is 5.32 Å².